The zero-order valence-corrected chi connectivity index (χ0v) is 10.3. The molecule has 4 heteroatoms. The largest absolute Gasteiger partial charge is 0.312 e. The summed E-state index contributed by atoms with van der Waals surface area (Å²) in [6.07, 6.45) is 4.71. The van der Waals surface area contributed by atoms with Crippen molar-refractivity contribution in [2.45, 2.75) is 19.9 Å². The van der Waals surface area contributed by atoms with Gasteiger partial charge in [-0.15, -0.1) is 0 Å². The second kappa shape index (κ2) is 5.59. The van der Waals surface area contributed by atoms with Crippen LogP contribution in [-0.2, 0) is 20.0 Å². The monoisotopic (exact) mass is 230 g/mol. The second-order valence-electron chi connectivity index (χ2n) is 4.13. The predicted molar refractivity (Wildman–Crippen MR) is 67.6 cm³/mol. The molecule has 0 fully saturated rings. The Bertz CT molecular complexity index is 462. The third-order valence-corrected chi connectivity index (χ3v) is 2.94. The van der Waals surface area contributed by atoms with E-state index in [4.69, 9.17) is 0 Å². The van der Waals surface area contributed by atoms with Gasteiger partial charge in [-0.3, -0.25) is 9.67 Å². The lowest BCUT2D eigenvalue weighted by Gasteiger charge is -2.04. The number of nitrogens with zero attached hydrogens (tertiary/aromatic N) is 3. The predicted octanol–water partition coefficient (Wildman–Crippen LogP) is 1.46. The Morgan fingerprint density at radius 2 is 2.24 bits per heavy atom. The summed E-state index contributed by atoms with van der Waals surface area (Å²) in [4.78, 5) is 4.29. The van der Waals surface area contributed by atoms with Gasteiger partial charge >= 0.3 is 0 Å². The number of nitrogens with one attached hydrogen (secondary N) is 1. The summed E-state index contributed by atoms with van der Waals surface area (Å²) in [5.74, 6) is 0. The molecule has 90 valence electrons. The standard InChI is InChI=1S/C13H18N4/c1-11-12(10-16-17(11)2)9-14-8-6-13-5-3-4-7-15-13/h3-5,7,10,14H,6,8-9H2,1-2H3. The molecule has 4 nitrogen and oxygen atoms in total. The van der Waals surface area contributed by atoms with Crippen LogP contribution >= 0.6 is 0 Å². The summed E-state index contributed by atoms with van der Waals surface area (Å²) in [7, 11) is 1.97. The molecule has 2 aromatic heterocycles. The van der Waals surface area contributed by atoms with Gasteiger partial charge in [0.05, 0.1) is 6.20 Å². The van der Waals surface area contributed by atoms with Gasteiger partial charge in [0, 0.05) is 49.7 Å². The molecule has 2 heterocycles. The van der Waals surface area contributed by atoms with Gasteiger partial charge in [-0.1, -0.05) is 6.07 Å². The minimum Gasteiger partial charge on any atom is -0.312 e. The summed E-state index contributed by atoms with van der Waals surface area (Å²) in [6.45, 7) is 3.89. The molecule has 2 aromatic rings. The molecule has 0 aromatic carbocycles. The first-order valence-electron chi connectivity index (χ1n) is 5.85. The van der Waals surface area contributed by atoms with Crippen molar-refractivity contribution in [1.82, 2.24) is 20.1 Å². The zero-order chi connectivity index (χ0) is 12.1. The molecule has 2 rings (SSSR count). The summed E-state index contributed by atoms with van der Waals surface area (Å²) in [5.41, 5.74) is 3.60. The summed E-state index contributed by atoms with van der Waals surface area (Å²) >= 11 is 0. The van der Waals surface area contributed by atoms with Crippen LogP contribution in [0.4, 0.5) is 0 Å². The minimum atomic E-state index is 0.868. The van der Waals surface area contributed by atoms with E-state index in [0.29, 0.717) is 0 Å². The van der Waals surface area contributed by atoms with Crippen LogP contribution < -0.4 is 5.32 Å². The smallest absolute Gasteiger partial charge is 0.0537 e. The van der Waals surface area contributed by atoms with Gasteiger partial charge < -0.3 is 5.32 Å². The molecule has 0 aliphatic rings. The quantitative estimate of drug-likeness (QED) is 0.791. The van der Waals surface area contributed by atoms with Crippen LogP contribution in [0, 0.1) is 6.92 Å². The van der Waals surface area contributed by atoms with Gasteiger partial charge in [0.2, 0.25) is 0 Å². The van der Waals surface area contributed by atoms with E-state index >= 15 is 0 Å². The molecule has 0 amide bonds. The van der Waals surface area contributed by atoms with Crippen molar-refractivity contribution in [3.05, 3.63) is 47.5 Å². The Hall–Kier alpha value is -1.68. The van der Waals surface area contributed by atoms with Crippen molar-refractivity contribution in [1.29, 1.82) is 0 Å². The molecule has 0 unspecified atom stereocenters. The van der Waals surface area contributed by atoms with E-state index < -0.39 is 0 Å². The molecular weight excluding hydrogens is 212 g/mol. The van der Waals surface area contributed by atoms with Gasteiger partial charge in [0.1, 0.15) is 0 Å². The lowest BCUT2D eigenvalue weighted by molar-refractivity contribution is 0.673. The number of aryl methyl sites for hydroxylation is 1. The maximum absolute atomic E-state index is 4.29. The summed E-state index contributed by atoms with van der Waals surface area (Å²) < 4.78 is 1.90. The molecule has 1 N–H and O–H groups in total. The van der Waals surface area contributed by atoms with E-state index in [-0.39, 0.29) is 0 Å². The molecule has 0 saturated carbocycles. The van der Waals surface area contributed by atoms with Crippen molar-refractivity contribution >= 4 is 0 Å². The maximum Gasteiger partial charge on any atom is 0.0537 e. The highest BCUT2D eigenvalue weighted by molar-refractivity contribution is 5.15. The van der Waals surface area contributed by atoms with Crippen molar-refractivity contribution < 1.29 is 0 Å². The fourth-order valence-corrected chi connectivity index (χ4v) is 1.70. The minimum absolute atomic E-state index is 0.868. The van der Waals surface area contributed by atoms with E-state index in [0.717, 1.165) is 25.2 Å². The topological polar surface area (TPSA) is 42.7 Å². The fraction of sp³-hybridized carbons (Fsp3) is 0.385. The first-order chi connectivity index (χ1) is 8.27. The number of rotatable bonds is 5. The van der Waals surface area contributed by atoms with Crippen molar-refractivity contribution in [3.8, 4) is 0 Å². The Balaban J connectivity index is 1.75. The van der Waals surface area contributed by atoms with Gasteiger partial charge in [0.25, 0.3) is 0 Å². The van der Waals surface area contributed by atoms with Crippen LogP contribution in [0.3, 0.4) is 0 Å². The van der Waals surface area contributed by atoms with E-state index in [1.807, 2.05) is 36.3 Å². The Labute approximate surface area is 102 Å². The third-order valence-electron chi connectivity index (χ3n) is 2.94. The van der Waals surface area contributed by atoms with Crippen molar-refractivity contribution in [2.75, 3.05) is 6.54 Å². The van der Waals surface area contributed by atoms with Crippen LogP contribution in [0.15, 0.2) is 30.6 Å². The second-order valence-corrected chi connectivity index (χ2v) is 4.13. The highest BCUT2D eigenvalue weighted by atomic mass is 15.3. The van der Waals surface area contributed by atoms with Gasteiger partial charge in [-0.2, -0.15) is 5.10 Å². The van der Waals surface area contributed by atoms with E-state index in [1.165, 1.54) is 11.3 Å². The third kappa shape index (κ3) is 3.14. The lowest BCUT2D eigenvalue weighted by Crippen LogP contribution is -2.17. The normalized spacial score (nSPS) is 10.7. The average Bonchev–Trinajstić information content (AvgIpc) is 2.67. The van der Waals surface area contributed by atoms with Gasteiger partial charge in [-0.25, -0.2) is 0 Å². The first-order valence-corrected chi connectivity index (χ1v) is 5.85. The molecule has 0 spiro atoms. The highest BCUT2D eigenvalue weighted by Crippen LogP contribution is 2.04. The number of pyridine rings is 1. The van der Waals surface area contributed by atoms with Crippen LogP contribution in [0.2, 0.25) is 0 Å². The van der Waals surface area contributed by atoms with Crippen LogP contribution in [-0.4, -0.2) is 21.3 Å². The number of hydrogen-bond acceptors (Lipinski definition) is 3. The first kappa shape index (κ1) is 11.8. The van der Waals surface area contributed by atoms with Crippen molar-refractivity contribution in [2.24, 2.45) is 7.05 Å². The molecule has 17 heavy (non-hydrogen) atoms. The zero-order valence-electron chi connectivity index (χ0n) is 10.3. The molecule has 0 aliphatic carbocycles. The molecule has 0 radical (unpaired) electrons. The van der Waals surface area contributed by atoms with E-state index in [9.17, 15) is 0 Å². The lowest BCUT2D eigenvalue weighted by atomic mass is 10.2. The maximum atomic E-state index is 4.29. The SMILES string of the molecule is Cc1c(CNCCc2ccccn2)cnn1C. The number of hydrogen-bond donors (Lipinski definition) is 1. The Morgan fingerprint density at radius 3 is 2.88 bits per heavy atom. The molecule has 0 bridgehead atoms. The van der Waals surface area contributed by atoms with E-state index in [2.05, 4.69) is 28.4 Å². The Morgan fingerprint density at radius 1 is 1.35 bits per heavy atom. The fourth-order valence-electron chi connectivity index (χ4n) is 1.70. The summed E-state index contributed by atoms with van der Waals surface area (Å²) in [5, 5.41) is 7.63. The molecular formula is C13H18N4. The van der Waals surface area contributed by atoms with Gasteiger partial charge in [-0.05, 0) is 19.1 Å². The van der Waals surface area contributed by atoms with E-state index in [1.54, 1.807) is 0 Å². The van der Waals surface area contributed by atoms with Crippen molar-refractivity contribution in [3.63, 3.8) is 0 Å². The average molecular weight is 230 g/mol. The van der Waals surface area contributed by atoms with Crippen LogP contribution in [0.1, 0.15) is 17.0 Å². The summed E-state index contributed by atoms with van der Waals surface area (Å²) in [6, 6.07) is 6.01. The van der Waals surface area contributed by atoms with Crippen LogP contribution in [0.25, 0.3) is 0 Å². The number of aromatic nitrogens is 3. The van der Waals surface area contributed by atoms with Gasteiger partial charge in [0.15, 0.2) is 0 Å². The molecule has 0 atom stereocenters. The highest BCUT2D eigenvalue weighted by Gasteiger charge is 2.02. The molecule has 0 aliphatic heterocycles. The Kier molecular flexibility index (Phi) is 3.88. The molecule has 0 saturated heterocycles. The van der Waals surface area contributed by atoms with Crippen LogP contribution in [0.5, 0.6) is 0 Å².